The number of hydrogen-bond donors (Lipinski definition) is 2. The molecule has 2 N–H and O–H groups in total. The SMILES string of the molecule is CNC(=O)c1ccc(N2CCN(Cc3cnc4c(c3F)NC(=O)[C@H](C3CC3)O4)CC2)c(C)n1. The Morgan fingerprint density at radius 1 is 1.27 bits per heavy atom. The second-order valence-electron chi connectivity index (χ2n) is 8.79. The fraction of sp³-hybridized carbons (Fsp3) is 0.478. The van der Waals surface area contributed by atoms with Crippen LogP contribution in [0.4, 0.5) is 15.8 Å². The number of anilines is 2. The lowest BCUT2D eigenvalue weighted by molar-refractivity contribution is -0.124. The molecule has 10 heteroatoms. The second kappa shape index (κ2) is 8.58. The van der Waals surface area contributed by atoms with E-state index < -0.39 is 11.9 Å². The van der Waals surface area contributed by atoms with Crippen LogP contribution in [0.25, 0.3) is 0 Å². The molecule has 2 aromatic heterocycles. The van der Waals surface area contributed by atoms with Crippen LogP contribution in [0.15, 0.2) is 18.3 Å². The van der Waals surface area contributed by atoms with E-state index in [1.54, 1.807) is 13.1 Å². The van der Waals surface area contributed by atoms with E-state index in [4.69, 9.17) is 4.74 Å². The highest BCUT2D eigenvalue weighted by Crippen LogP contribution is 2.40. The number of carbonyl (C=O) groups is 2. The van der Waals surface area contributed by atoms with Gasteiger partial charge in [-0.3, -0.25) is 14.5 Å². The van der Waals surface area contributed by atoms with Crippen LogP contribution in [0.1, 0.15) is 34.6 Å². The number of nitrogens with zero attached hydrogens (tertiary/aromatic N) is 4. The van der Waals surface area contributed by atoms with Crippen molar-refractivity contribution in [2.45, 2.75) is 32.4 Å². The maximum atomic E-state index is 15.1. The van der Waals surface area contributed by atoms with Crippen molar-refractivity contribution in [2.75, 3.05) is 43.4 Å². The van der Waals surface area contributed by atoms with Crippen molar-refractivity contribution in [3.63, 3.8) is 0 Å². The van der Waals surface area contributed by atoms with Gasteiger partial charge in [0.2, 0.25) is 5.88 Å². The molecule has 0 bridgehead atoms. The molecule has 2 aromatic rings. The number of hydrogen-bond acceptors (Lipinski definition) is 7. The van der Waals surface area contributed by atoms with Gasteiger partial charge < -0.3 is 20.3 Å². The van der Waals surface area contributed by atoms with Gasteiger partial charge in [0.05, 0.1) is 11.4 Å². The van der Waals surface area contributed by atoms with E-state index in [2.05, 4.69) is 30.4 Å². The summed E-state index contributed by atoms with van der Waals surface area (Å²) in [4.78, 5) is 37.2. The lowest BCUT2D eigenvalue weighted by atomic mass is 10.1. The minimum atomic E-state index is -0.563. The summed E-state index contributed by atoms with van der Waals surface area (Å²) in [5, 5.41) is 5.25. The molecule has 1 atom stereocenters. The summed E-state index contributed by atoms with van der Waals surface area (Å²) in [6.45, 7) is 5.27. The number of rotatable bonds is 5. The molecule has 2 aliphatic heterocycles. The number of pyridine rings is 2. The Bertz CT molecular complexity index is 1100. The van der Waals surface area contributed by atoms with E-state index in [0.717, 1.165) is 50.4 Å². The molecule has 0 spiro atoms. The smallest absolute Gasteiger partial charge is 0.269 e. The van der Waals surface area contributed by atoms with E-state index in [9.17, 15) is 9.59 Å². The van der Waals surface area contributed by atoms with Crippen LogP contribution in [0, 0.1) is 18.7 Å². The standard InChI is InChI=1S/C23H27FN6O3/c1-13-17(6-5-16(27-13)21(31)25-2)30-9-7-29(8-10-30)12-15-11-26-23-19(18(15)24)28-22(32)20(33-23)14-3-4-14/h5-6,11,14,20H,3-4,7-10,12H2,1-2H3,(H,25,31)(H,28,32)/t20-/m0/s1. The Balaban J connectivity index is 1.23. The maximum absolute atomic E-state index is 15.1. The molecule has 3 aliphatic rings. The Morgan fingerprint density at radius 3 is 2.70 bits per heavy atom. The minimum absolute atomic E-state index is 0.0472. The minimum Gasteiger partial charge on any atom is -0.462 e. The number of halogens is 1. The van der Waals surface area contributed by atoms with Gasteiger partial charge in [-0.05, 0) is 31.9 Å². The monoisotopic (exact) mass is 454 g/mol. The number of piperazine rings is 1. The molecule has 1 saturated carbocycles. The van der Waals surface area contributed by atoms with Crippen LogP contribution < -0.4 is 20.3 Å². The van der Waals surface area contributed by atoms with Crippen molar-refractivity contribution in [1.29, 1.82) is 0 Å². The summed E-state index contributed by atoms with van der Waals surface area (Å²) in [7, 11) is 1.58. The Hall–Kier alpha value is -3.27. The molecule has 4 heterocycles. The maximum Gasteiger partial charge on any atom is 0.269 e. The topological polar surface area (TPSA) is 99.7 Å². The summed E-state index contributed by atoms with van der Waals surface area (Å²) in [5.74, 6) is -0.601. The third-order valence-electron chi connectivity index (χ3n) is 6.47. The van der Waals surface area contributed by atoms with Crippen LogP contribution in [-0.4, -0.2) is 66.0 Å². The zero-order chi connectivity index (χ0) is 23.1. The first-order valence-electron chi connectivity index (χ1n) is 11.3. The third kappa shape index (κ3) is 4.22. The number of aromatic nitrogens is 2. The van der Waals surface area contributed by atoms with Gasteiger partial charge in [0, 0.05) is 57.4 Å². The fourth-order valence-electron chi connectivity index (χ4n) is 4.43. The number of aryl methyl sites for hydroxylation is 1. The molecule has 33 heavy (non-hydrogen) atoms. The molecular weight excluding hydrogens is 427 g/mol. The number of carbonyl (C=O) groups excluding carboxylic acids is 2. The van der Waals surface area contributed by atoms with E-state index in [1.807, 2.05) is 13.0 Å². The van der Waals surface area contributed by atoms with Crippen LogP contribution in [0.5, 0.6) is 5.88 Å². The lowest BCUT2D eigenvalue weighted by Gasteiger charge is -2.36. The number of ether oxygens (including phenoxy) is 1. The van der Waals surface area contributed by atoms with Crippen LogP contribution in [-0.2, 0) is 11.3 Å². The van der Waals surface area contributed by atoms with E-state index in [-0.39, 0.29) is 29.3 Å². The van der Waals surface area contributed by atoms with Gasteiger partial charge in [0.25, 0.3) is 11.8 Å². The first-order chi connectivity index (χ1) is 15.9. The van der Waals surface area contributed by atoms with E-state index >= 15 is 4.39 Å². The van der Waals surface area contributed by atoms with E-state index in [1.165, 1.54) is 6.20 Å². The molecule has 0 radical (unpaired) electrons. The van der Waals surface area contributed by atoms with Crippen molar-refractivity contribution >= 4 is 23.2 Å². The van der Waals surface area contributed by atoms with Crippen molar-refractivity contribution in [1.82, 2.24) is 20.2 Å². The van der Waals surface area contributed by atoms with Gasteiger partial charge in [-0.1, -0.05) is 0 Å². The normalized spacial score (nSPS) is 20.6. The molecular formula is C23H27FN6O3. The Kier molecular flexibility index (Phi) is 5.61. The van der Waals surface area contributed by atoms with Gasteiger partial charge >= 0.3 is 0 Å². The highest BCUT2D eigenvalue weighted by molar-refractivity contribution is 5.98. The summed E-state index contributed by atoms with van der Waals surface area (Å²) < 4.78 is 20.8. The van der Waals surface area contributed by atoms with Crippen molar-refractivity contribution in [2.24, 2.45) is 5.92 Å². The van der Waals surface area contributed by atoms with E-state index in [0.29, 0.717) is 17.8 Å². The molecule has 2 fully saturated rings. The summed E-state index contributed by atoms with van der Waals surface area (Å²) >= 11 is 0. The average Bonchev–Trinajstić information content (AvgIpc) is 3.66. The Morgan fingerprint density at radius 2 is 2.03 bits per heavy atom. The lowest BCUT2D eigenvalue weighted by Crippen LogP contribution is -2.46. The molecule has 174 valence electrons. The highest BCUT2D eigenvalue weighted by Gasteiger charge is 2.42. The van der Waals surface area contributed by atoms with Crippen molar-refractivity contribution in [3.05, 3.63) is 41.1 Å². The van der Waals surface area contributed by atoms with Crippen molar-refractivity contribution in [3.8, 4) is 5.88 Å². The van der Waals surface area contributed by atoms with Gasteiger partial charge in [-0.25, -0.2) is 14.4 Å². The largest absolute Gasteiger partial charge is 0.462 e. The predicted molar refractivity (Wildman–Crippen MR) is 120 cm³/mol. The quantitative estimate of drug-likeness (QED) is 0.710. The second-order valence-corrected chi connectivity index (χ2v) is 8.79. The first kappa shape index (κ1) is 21.6. The first-order valence-corrected chi connectivity index (χ1v) is 11.3. The molecule has 1 aliphatic carbocycles. The number of amides is 2. The molecule has 0 unspecified atom stereocenters. The summed E-state index contributed by atoms with van der Waals surface area (Å²) in [6.07, 6.45) is 2.85. The average molecular weight is 455 g/mol. The fourth-order valence-corrected chi connectivity index (χ4v) is 4.43. The van der Waals surface area contributed by atoms with Crippen molar-refractivity contribution < 1.29 is 18.7 Å². The molecule has 0 aromatic carbocycles. The van der Waals surface area contributed by atoms with Gasteiger partial charge in [0.1, 0.15) is 11.4 Å². The molecule has 1 saturated heterocycles. The third-order valence-corrected chi connectivity index (χ3v) is 6.47. The molecule has 9 nitrogen and oxygen atoms in total. The number of fused-ring (bicyclic) bond motifs is 1. The molecule has 5 rings (SSSR count). The van der Waals surface area contributed by atoms with Crippen LogP contribution in [0.2, 0.25) is 0 Å². The highest BCUT2D eigenvalue weighted by atomic mass is 19.1. The van der Waals surface area contributed by atoms with Gasteiger partial charge in [0.15, 0.2) is 11.9 Å². The van der Waals surface area contributed by atoms with Crippen LogP contribution in [0.3, 0.4) is 0 Å². The zero-order valence-corrected chi connectivity index (χ0v) is 18.7. The van der Waals surface area contributed by atoms with Crippen LogP contribution >= 0.6 is 0 Å². The Labute approximate surface area is 191 Å². The zero-order valence-electron chi connectivity index (χ0n) is 18.7. The van der Waals surface area contributed by atoms with Gasteiger partial charge in [-0.15, -0.1) is 0 Å². The summed E-state index contributed by atoms with van der Waals surface area (Å²) in [5.41, 5.74) is 2.67. The molecule has 2 amide bonds. The number of nitrogens with one attached hydrogen (secondary N) is 2. The predicted octanol–water partition coefficient (Wildman–Crippen LogP) is 1.72. The van der Waals surface area contributed by atoms with Gasteiger partial charge in [-0.2, -0.15) is 0 Å². The summed E-state index contributed by atoms with van der Waals surface area (Å²) in [6, 6.07) is 3.65.